The first-order valence-electron chi connectivity index (χ1n) is 7.82. The molecule has 0 spiro atoms. The normalized spacial score (nSPS) is 16.5. The zero-order valence-electron chi connectivity index (χ0n) is 13.0. The Morgan fingerprint density at radius 3 is 2.52 bits per heavy atom. The monoisotopic (exact) mass is 295 g/mol. The highest BCUT2D eigenvalue weighted by molar-refractivity contribution is 5.74. The molecule has 2 heterocycles. The van der Waals surface area contributed by atoms with Crippen LogP contribution in [0, 0.1) is 5.41 Å². The summed E-state index contributed by atoms with van der Waals surface area (Å²) in [5.41, 5.74) is -0.780. The van der Waals surface area contributed by atoms with E-state index in [1.165, 1.54) is 12.8 Å². The molecule has 7 nitrogen and oxygen atoms in total. The van der Waals surface area contributed by atoms with Crippen LogP contribution in [0.25, 0.3) is 0 Å². The molecule has 0 amide bonds. The van der Waals surface area contributed by atoms with E-state index in [2.05, 4.69) is 20.4 Å². The van der Waals surface area contributed by atoms with E-state index in [1.54, 1.807) is 4.68 Å². The Morgan fingerprint density at radius 2 is 1.95 bits per heavy atom. The van der Waals surface area contributed by atoms with Gasteiger partial charge in [-0.25, -0.2) is 4.68 Å². The lowest BCUT2D eigenvalue weighted by Gasteiger charge is -2.26. The van der Waals surface area contributed by atoms with Crippen LogP contribution in [0.15, 0.2) is 0 Å². The first-order chi connectivity index (χ1) is 10.1. The lowest BCUT2D eigenvalue weighted by atomic mass is 9.82. The Balaban J connectivity index is 2.03. The molecule has 1 aromatic heterocycles. The number of carbonyl (C=O) groups is 1. The summed E-state index contributed by atoms with van der Waals surface area (Å²) < 4.78 is 1.68. The topological polar surface area (TPSA) is 84.1 Å². The molecule has 1 N–H and O–H groups in total. The summed E-state index contributed by atoms with van der Waals surface area (Å²) in [5.74, 6) is 0.0166. The Morgan fingerprint density at radius 1 is 1.29 bits per heavy atom. The summed E-state index contributed by atoms with van der Waals surface area (Å²) in [4.78, 5) is 14.0. The van der Waals surface area contributed by atoms with Crippen LogP contribution in [0.1, 0.15) is 45.4 Å². The summed E-state index contributed by atoms with van der Waals surface area (Å²) in [5, 5.41) is 21.3. The molecule has 2 rings (SSSR count). The average molecular weight is 295 g/mol. The van der Waals surface area contributed by atoms with Crippen LogP contribution >= 0.6 is 0 Å². The van der Waals surface area contributed by atoms with E-state index in [-0.39, 0.29) is 0 Å². The highest BCUT2D eigenvalue weighted by Gasteiger charge is 2.36. The minimum absolute atomic E-state index is 0.345. The van der Waals surface area contributed by atoms with Gasteiger partial charge in [0.25, 0.3) is 0 Å². The maximum Gasteiger partial charge on any atom is 0.311 e. The Labute approximate surface area is 125 Å². The summed E-state index contributed by atoms with van der Waals surface area (Å²) >= 11 is 0. The first kappa shape index (κ1) is 15.9. The SMILES string of the molecule is CCC(CC)(Cn1nnnc1CCN1CCCC1)C(=O)O. The van der Waals surface area contributed by atoms with Crippen molar-refractivity contribution in [2.24, 2.45) is 5.41 Å². The number of carboxylic acids is 1. The second-order valence-corrected chi connectivity index (χ2v) is 5.84. The predicted octanol–water partition coefficient (Wildman–Crippen LogP) is 1.20. The minimum Gasteiger partial charge on any atom is -0.481 e. The molecule has 0 aliphatic carbocycles. The van der Waals surface area contributed by atoms with Crippen LogP contribution in [0.3, 0.4) is 0 Å². The van der Waals surface area contributed by atoms with Crippen molar-refractivity contribution in [1.82, 2.24) is 25.1 Å². The highest BCUT2D eigenvalue weighted by atomic mass is 16.4. The van der Waals surface area contributed by atoms with E-state index in [9.17, 15) is 9.90 Å². The van der Waals surface area contributed by atoms with Gasteiger partial charge in [0.1, 0.15) is 0 Å². The van der Waals surface area contributed by atoms with Crippen LogP contribution in [-0.2, 0) is 17.8 Å². The minimum atomic E-state index is -0.780. The van der Waals surface area contributed by atoms with Crippen molar-refractivity contribution >= 4 is 5.97 Å². The van der Waals surface area contributed by atoms with Gasteiger partial charge >= 0.3 is 5.97 Å². The Hall–Kier alpha value is -1.50. The lowest BCUT2D eigenvalue weighted by Crippen LogP contribution is -2.35. The fourth-order valence-corrected chi connectivity index (χ4v) is 2.92. The van der Waals surface area contributed by atoms with Crippen molar-refractivity contribution in [3.63, 3.8) is 0 Å². The number of hydrogen-bond donors (Lipinski definition) is 1. The fraction of sp³-hybridized carbons (Fsp3) is 0.857. The number of aliphatic carboxylic acids is 1. The Kier molecular flexibility index (Phi) is 5.27. The molecule has 7 heteroatoms. The van der Waals surface area contributed by atoms with E-state index in [1.807, 2.05) is 13.8 Å². The molecule has 0 bridgehead atoms. The standard InChI is InChI=1S/C14H25N5O2/c1-3-14(4-2,13(20)21)11-19-12(15-16-17-19)7-10-18-8-5-6-9-18/h3-11H2,1-2H3,(H,20,21). The van der Waals surface area contributed by atoms with Crippen LogP contribution in [0.5, 0.6) is 0 Å². The molecule has 1 aromatic rings. The molecule has 0 saturated carbocycles. The molecule has 0 atom stereocenters. The highest BCUT2D eigenvalue weighted by Crippen LogP contribution is 2.29. The smallest absolute Gasteiger partial charge is 0.311 e. The fourth-order valence-electron chi connectivity index (χ4n) is 2.92. The molecule has 1 aliphatic heterocycles. The largest absolute Gasteiger partial charge is 0.481 e. The van der Waals surface area contributed by atoms with Gasteiger partial charge in [-0.1, -0.05) is 13.8 Å². The number of likely N-dealkylation sites (tertiary alicyclic amines) is 1. The van der Waals surface area contributed by atoms with Gasteiger partial charge in [0.15, 0.2) is 5.82 Å². The average Bonchev–Trinajstić information content (AvgIpc) is 3.13. The molecule has 21 heavy (non-hydrogen) atoms. The van der Waals surface area contributed by atoms with E-state index in [0.29, 0.717) is 19.4 Å². The van der Waals surface area contributed by atoms with Gasteiger partial charge in [0.2, 0.25) is 0 Å². The van der Waals surface area contributed by atoms with Crippen molar-refractivity contribution in [2.75, 3.05) is 19.6 Å². The molecule has 1 fully saturated rings. The van der Waals surface area contributed by atoms with Crippen molar-refractivity contribution in [3.05, 3.63) is 5.82 Å². The molecule has 1 aliphatic rings. The van der Waals surface area contributed by atoms with Crippen LogP contribution < -0.4 is 0 Å². The zero-order valence-corrected chi connectivity index (χ0v) is 13.0. The number of carboxylic acid groups (broad SMARTS) is 1. The quantitative estimate of drug-likeness (QED) is 0.776. The molecule has 118 valence electrons. The predicted molar refractivity (Wildman–Crippen MR) is 77.8 cm³/mol. The van der Waals surface area contributed by atoms with Gasteiger partial charge < -0.3 is 10.0 Å². The lowest BCUT2D eigenvalue weighted by molar-refractivity contribution is -0.150. The number of hydrogen-bond acceptors (Lipinski definition) is 5. The van der Waals surface area contributed by atoms with Crippen LogP contribution in [0.4, 0.5) is 0 Å². The summed E-state index contributed by atoms with van der Waals surface area (Å²) in [7, 11) is 0. The molecule has 1 saturated heterocycles. The number of tetrazole rings is 1. The van der Waals surface area contributed by atoms with Gasteiger partial charge in [0.05, 0.1) is 12.0 Å². The van der Waals surface area contributed by atoms with Crippen molar-refractivity contribution in [2.45, 2.75) is 52.5 Å². The maximum absolute atomic E-state index is 11.6. The third-order valence-electron chi connectivity index (χ3n) is 4.72. The Bertz CT molecular complexity index is 464. The number of rotatable bonds is 8. The van der Waals surface area contributed by atoms with Gasteiger partial charge in [-0.15, -0.1) is 5.10 Å². The molecule has 0 aromatic carbocycles. The summed E-state index contributed by atoms with van der Waals surface area (Å²) in [6.07, 6.45) is 4.45. The van der Waals surface area contributed by atoms with Crippen LogP contribution in [0.2, 0.25) is 0 Å². The zero-order chi connectivity index (χ0) is 15.3. The second-order valence-electron chi connectivity index (χ2n) is 5.84. The number of aromatic nitrogens is 4. The molecular formula is C14H25N5O2. The van der Waals surface area contributed by atoms with E-state index >= 15 is 0 Å². The molecular weight excluding hydrogens is 270 g/mol. The van der Waals surface area contributed by atoms with Gasteiger partial charge in [-0.3, -0.25) is 4.79 Å². The third kappa shape index (κ3) is 3.58. The van der Waals surface area contributed by atoms with Crippen molar-refractivity contribution < 1.29 is 9.90 Å². The van der Waals surface area contributed by atoms with Crippen molar-refractivity contribution in [3.8, 4) is 0 Å². The summed E-state index contributed by atoms with van der Waals surface area (Å²) in [6.45, 7) is 7.39. The number of nitrogens with zero attached hydrogens (tertiary/aromatic N) is 5. The maximum atomic E-state index is 11.6. The van der Waals surface area contributed by atoms with Gasteiger partial charge in [0, 0.05) is 13.0 Å². The second kappa shape index (κ2) is 6.98. The van der Waals surface area contributed by atoms with Gasteiger partial charge in [-0.05, 0) is 49.2 Å². The van der Waals surface area contributed by atoms with E-state index in [4.69, 9.17) is 0 Å². The summed E-state index contributed by atoms with van der Waals surface area (Å²) in [6, 6.07) is 0. The van der Waals surface area contributed by atoms with Crippen LogP contribution in [-0.4, -0.2) is 55.8 Å². The first-order valence-corrected chi connectivity index (χ1v) is 7.82. The van der Waals surface area contributed by atoms with E-state index in [0.717, 1.165) is 31.9 Å². The van der Waals surface area contributed by atoms with Gasteiger partial charge in [-0.2, -0.15) is 0 Å². The molecule has 0 radical (unpaired) electrons. The molecule has 0 unspecified atom stereocenters. The van der Waals surface area contributed by atoms with Crippen molar-refractivity contribution in [1.29, 1.82) is 0 Å². The third-order valence-corrected chi connectivity index (χ3v) is 4.72. The van der Waals surface area contributed by atoms with E-state index < -0.39 is 11.4 Å².